The number of hydrogen-bond acceptors (Lipinski definition) is 3. The van der Waals surface area contributed by atoms with Crippen LogP contribution in [0.5, 0.6) is 0 Å². The molecule has 1 N–H and O–H groups in total. The van der Waals surface area contributed by atoms with Crippen molar-refractivity contribution in [1.82, 2.24) is 4.31 Å². The molecule has 0 aliphatic carbocycles. The van der Waals surface area contributed by atoms with Crippen molar-refractivity contribution in [2.75, 3.05) is 0 Å². The van der Waals surface area contributed by atoms with Gasteiger partial charge in [0.2, 0.25) is 10.0 Å². The Hall–Kier alpha value is -0.920. The first-order valence-electron chi connectivity index (χ1n) is 6.81. The second kappa shape index (κ2) is 6.06. The van der Waals surface area contributed by atoms with Crippen LogP contribution in [0.1, 0.15) is 43.5 Å². The lowest BCUT2D eigenvalue weighted by atomic mass is 10.0. The van der Waals surface area contributed by atoms with E-state index >= 15 is 0 Å². The molecule has 0 saturated carbocycles. The summed E-state index contributed by atoms with van der Waals surface area (Å²) in [5.41, 5.74) is -0.0332. The minimum Gasteiger partial charge on any atom is -0.478 e. The monoisotopic (exact) mass is 375 g/mol. The third kappa shape index (κ3) is 3.14. The van der Waals surface area contributed by atoms with E-state index in [1.54, 1.807) is 0 Å². The van der Waals surface area contributed by atoms with Crippen molar-refractivity contribution < 1.29 is 18.3 Å². The largest absolute Gasteiger partial charge is 0.478 e. The van der Waals surface area contributed by atoms with Gasteiger partial charge in [0.05, 0.1) is 10.5 Å². The zero-order chi connectivity index (χ0) is 15.8. The predicted octanol–water partition coefficient (Wildman–Crippen LogP) is 3.10. The van der Waals surface area contributed by atoms with Gasteiger partial charge in [-0.15, -0.1) is 0 Å². The van der Waals surface area contributed by atoms with Gasteiger partial charge in [-0.1, -0.05) is 6.42 Å². The Morgan fingerprint density at radius 2 is 1.86 bits per heavy atom. The van der Waals surface area contributed by atoms with Crippen molar-refractivity contribution in [3.05, 3.63) is 28.2 Å². The standard InChI is InChI=1S/C14H18BrNO4S/c1-9-4-3-5-10(2)16(9)21(19,20)13-8-11(14(17)18)6-7-12(13)15/h6-10H,3-5H2,1-2H3,(H,17,18). The molecule has 116 valence electrons. The lowest BCUT2D eigenvalue weighted by Crippen LogP contribution is -2.47. The summed E-state index contributed by atoms with van der Waals surface area (Å²) < 4.78 is 27.7. The number of rotatable bonds is 3. The second-order valence-corrected chi connectivity index (χ2v) is 8.08. The summed E-state index contributed by atoms with van der Waals surface area (Å²) in [4.78, 5) is 11.1. The maximum absolute atomic E-state index is 12.9. The number of sulfonamides is 1. The van der Waals surface area contributed by atoms with Crippen molar-refractivity contribution in [2.45, 2.75) is 50.1 Å². The van der Waals surface area contributed by atoms with Crippen LogP contribution in [-0.4, -0.2) is 35.9 Å². The first-order valence-corrected chi connectivity index (χ1v) is 9.05. The molecule has 2 unspecified atom stereocenters. The molecular formula is C14H18BrNO4S. The van der Waals surface area contributed by atoms with E-state index in [4.69, 9.17) is 5.11 Å². The summed E-state index contributed by atoms with van der Waals surface area (Å²) in [6, 6.07) is 3.90. The number of hydrogen-bond donors (Lipinski definition) is 1. The van der Waals surface area contributed by atoms with Crippen LogP contribution >= 0.6 is 15.9 Å². The van der Waals surface area contributed by atoms with Crippen molar-refractivity contribution in [3.63, 3.8) is 0 Å². The van der Waals surface area contributed by atoms with Crippen LogP contribution in [0.15, 0.2) is 27.6 Å². The number of benzene rings is 1. The van der Waals surface area contributed by atoms with Gasteiger partial charge in [0.25, 0.3) is 0 Å². The molecule has 21 heavy (non-hydrogen) atoms. The summed E-state index contributed by atoms with van der Waals surface area (Å²) in [6.45, 7) is 3.78. The molecule has 7 heteroatoms. The Morgan fingerprint density at radius 3 is 2.38 bits per heavy atom. The lowest BCUT2D eigenvalue weighted by Gasteiger charge is -2.37. The lowest BCUT2D eigenvalue weighted by molar-refractivity contribution is 0.0696. The smallest absolute Gasteiger partial charge is 0.335 e. The van der Waals surface area contributed by atoms with Gasteiger partial charge in [-0.25, -0.2) is 13.2 Å². The van der Waals surface area contributed by atoms with Crippen molar-refractivity contribution in [3.8, 4) is 0 Å². The summed E-state index contributed by atoms with van der Waals surface area (Å²) in [6.07, 6.45) is 2.64. The van der Waals surface area contributed by atoms with Crippen LogP contribution in [0.2, 0.25) is 0 Å². The van der Waals surface area contributed by atoms with Gasteiger partial charge in [-0.2, -0.15) is 4.31 Å². The average Bonchev–Trinajstić information content (AvgIpc) is 2.38. The van der Waals surface area contributed by atoms with Crippen molar-refractivity contribution >= 4 is 31.9 Å². The van der Waals surface area contributed by atoms with Gasteiger partial charge in [-0.05, 0) is 60.8 Å². The Balaban J connectivity index is 2.53. The Bertz CT molecular complexity index is 649. The van der Waals surface area contributed by atoms with Crippen molar-refractivity contribution in [1.29, 1.82) is 0 Å². The third-order valence-electron chi connectivity index (χ3n) is 3.85. The van der Waals surface area contributed by atoms with E-state index in [0.717, 1.165) is 19.3 Å². The van der Waals surface area contributed by atoms with E-state index in [2.05, 4.69) is 15.9 Å². The summed E-state index contributed by atoms with van der Waals surface area (Å²) in [7, 11) is -3.72. The fraction of sp³-hybridized carbons (Fsp3) is 0.500. The zero-order valence-corrected chi connectivity index (χ0v) is 14.3. The van der Waals surface area contributed by atoms with Gasteiger partial charge in [0.1, 0.15) is 0 Å². The number of carboxylic acid groups (broad SMARTS) is 1. The maximum atomic E-state index is 12.9. The van der Waals surface area contributed by atoms with Gasteiger partial charge >= 0.3 is 5.97 Å². The molecule has 1 fully saturated rings. The van der Waals surface area contributed by atoms with Crippen molar-refractivity contribution in [2.24, 2.45) is 0 Å². The van der Waals surface area contributed by atoms with Crippen LogP contribution in [0.4, 0.5) is 0 Å². The molecule has 0 amide bonds. The average molecular weight is 376 g/mol. The fourth-order valence-electron chi connectivity index (χ4n) is 2.82. The van der Waals surface area contributed by atoms with E-state index in [0.29, 0.717) is 4.47 Å². The van der Waals surface area contributed by atoms with Gasteiger partial charge < -0.3 is 5.11 Å². The predicted molar refractivity (Wildman–Crippen MR) is 82.9 cm³/mol. The Labute approximate surface area is 133 Å². The molecule has 1 aromatic carbocycles. The Kier molecular flexibility index (Phi) is 4.75. The van der Waals surface area contributed by atoms with E-state index < -0.39 is 16.0 Å². The van der Waals surface area contributed by atoms with E-state index in [1.807, 2.05) is 13.8 Å². The van der Waals surface area contributed by atoms with Crippen LogP contribution < -0.4 is 0 Å². The summed E-state index contributed by atoms with van der Waals surface area (Å²) in [5.74, 6) is -1.14. The van der Waals surface area contributed by atoms with Crippen LogP contribution in [0.3, 0.4) is 0 Å². The second-order valence-electron chi connectivity index (χ2n) is 5.41. The molecule has 0 radical (unpaired) electrons. The SMILES string of the molecule is CC1CCCC(C)N1S(=O)(=O)c1cc(C(=O)O)ccc1Br. The molecule has 0 bridgehead atoms. The first-order chi connectivity index (χ1) is 9.75. The Morgan fingerprint density at radius 1 is 1.29 bits per heavy atom. The molecule has 1 aromatic rings. The van der Waals surface area contributed by atoms with Gasteiger partial charge in [0.15, 0.2) is 0 Å². The first kappa shape index (κ1) is 16.5. The summed E-state index contributed by atoms with van der Waals surface area (Å²) in [5, 5.41) is 9.06. The molecule has 1 heterocycles. The quantitative estimate of drug-likeness (QED) is 0.880. The molecule has 0 aromatic heterocycles. The number of piperidine rings is 1. The minimum atomic E-state index is -3.72. The summed E-state index contributed by atoms with van der Waals surface area (Å²) >= 11 is 3.22. The van der Waals surface area contributed by atoms with Gasteiger partial charge in [-0.3, -0.25) is 0 Å². The van der Waals surface area contributed by atoms with Gasteiger partial charge in [0, 0.05) is 16.6 Å². The molecule has 1 saturated heterocycles. The highest BCUT2D eigenvalue weighted by Gasteiger charge is 2.36. The molecule has 1 aliphatic heterocycles. The maximum Gasteiger partial charge on any atom is 0.335 e. The van der Waals surface area contributed by atoms with E-state index in [1.165, 1.54) is 22.5 Å². The topological polar surface area (TPSA) is 74.7 Å². The third-order valence-corrected chi connectivity index (χ3v) is 6.97. The highest BCUT2D eigenvalue weighted by atomic mass is 79.9. The number of halogens is 1. The molecule has 2 rings (SSSR count). The highest BCUT2D eigenvalue weighted by molar-refractivity contribution is 9.10. The fourth-order valence-corrected chi connectivity index (χ4v) is 5.66. The molecule has 2 atom stereocenters. The normalized spacial score (nSPS) is 24.0. The number of carboxylic acids is 1. The highest BCUT2D eigenvalue weighted by Crippen LogP contribution is 2.33. The van der Waals surface area contributed by atoms with E-state index in [9.17, 15) is 13.2 Å². The zero-order valence-electron chi connectivity index (χ0n) is 11.9. The number of carbonyl (C=O) groups is 1. The van der Waals surface area contributed by atoms with E-state index in [-0.39, 0.29) is 22.5 Å². The molecule has 0 spiro atoms. The van der Waals surface area contributed by atoms with Crippen LogP contribution in [0.25, 0.3) is 0 Å². The molecule has 1 aliphatic rings. The number of nitrogens with zero attached hydrogens (tertiary/aromatic N) is 1. The van der Waals surface area contributed by atoms with Crippen LogP contribution in [-0.2, 0) is 10.0 Å². The molecule has 5 nitrogen and oxygen atoms in total. The molecular weight excluding hydrogens is 358 g/mol. The number of aromatic carboxylic acids is 1. The minimum absolute atomic E-state index is 0.0167. The van der Waals surface area contributed by atoms with Crippen LogP contribution in [0, 0.1) is 0 Å².